The van der Waals surface area contributed by atoms with Crippen LogP contribution in [0.5, 0.6) is 5.75 Å². The van der Waals surface area contributed by atoms with Gasteiger partial charge in [-0.05, 0) is 66.8 Å². The third-order valence-corrected chi connectivity index (χ3v) is 5.98. The summed E-state index contributed by atoms with van der Waals surface area (Å²) in [7, 11) is 0. The second kappa shape index (κ2) is 8.81. The minimum absolute atomic E-state index is 0.0505. The van der Waals surface area contributed by atoms with E-state index in [1.54, 1.807) is 0 Å². The number of rotatable bonds is 6. The van der Waals surface area contributed by atoms with E-state index >= 15 is 0 Å². The quantitative estimate of drug-likeness (QED) is 0.668. The van der Waals surface area contributed by atoms with Crippen LogP contribution >= 0.6 is 0 Å². The maximum atomic E-state index is 12.7. The molecule has 2 aromatic rings. The molecule has 2 N–H and O–H groups in total. The van der Waals surface area contributed by atoms with Crippen LogP contribution in [0.15, 0.2) is 24.3 Å². The minimum Gasteiger partial charge on any atom is -0.492 e. The number of carbonyl (C=O) groups is 1. The molecule has 1 aliphatic rings. The molecule has 1 atom stereocenters. The van der Waals surface area contributed by atoms with Crippen molar-refractivity contribution in [2.24, 2.45) is 5.41 Å². The molecule has 0 aromatic heterocycles. The van der Waals surface area contributed by atoms with Gasteiger partial charge in [0.25, 0.3) is 0 Å². The number of benzene rings is 2. The van der Waals surface area contributed by atoms with Crippen molar-refractivity contribution < 1.29 is 14.6 Å². The maximum absolute atomic E-state index is 12.7. The van der Waals surface area contributed by atoms with E-state index in [1.807, 2.05) is 0 Å². The van der Waals surface area contributed by atoms with Gasteiger partial charge in [0.2, 0.25) is 5.91 Å². The average Bonchev–Trinajstić information content (AvgIpc) is 3.12. The lowest BCUT2D eigenvalue weighted by molar-refractivity contribution is -0.117. The first-order valence-electron chi connectivity index (χ1n) is 10.9. The lowest BCUT2D eigenvalue weighted by atomic mass is 9.85. The van der Waals surface area contributed by atoms with Gasteiger partial charge in [0.1, 0.15) is 5.75 Å². The van der Waals surface area contributed by atoms with Crippen LogP contribution in [0.25, 0.3) is 0 Å². The van der Waals surface area contributed by atoms with Crippen LogP contribution in [0.3, 0.4) is 0 Å². The first-order chi connectivity index (χ1) is 14.1. The van der Waals surface area contributed by atoms with E-state index in [1.165, 1.54) is 16.7 Å². The van der Waals surface area contributed by atoms with E-state index in [0.29, 0.717) is 13.0 Å². The summed E-state index contributed by atoms with van der Waals surface area (Å²) in [6, 6.07) is 8.58. The Labute approximate surface area is 180 Å². The van der Waals surface area contributed by atoms with Gasteiger partial charge < -0.3 is 15.2 Å². The summed E-state index contributed by atoms with van der Waals surface area (Å²) in [6.45, 7) is 13.3. The maximum Gasteiger partial charge on any atom is 0.224 e. The number of ether oxygens (including phenoxy) is 1. The van der Waals surface area contributed by atoms with Crippen molar-refractivity contribution in [2.45, 2.75) is 66.7 Å². The fourth-order valence-corrected chi connectivity index (χ4v) is 4.37. The Morgan fingerprint density at radius 3 is 2.57 bits per heavy atom. The van der Waals surface area contributed by atoms with E-state index in [9.17, 15) is 4.79 Å². The highest BCUT2D eigenvalue weighted by Crippen LogP contribution is 2.47. The summed E-state index contributed by atoms with van der Waals surface area (Å²) >= 11 is 0. The molecule has 1 aliphatic heterocycles. The number of anilines is 1. The molecular weight excluding hydrogens is 374 g/mol. The summed E-state index contributed by atoms with van der Waals surface area (Å²) in [4.78, 5) is 12.7. The molecule has 30 heavy (non-hydrogen) atoms. The van der Waals surface area contributed by atoms with Crippen LogP contribution < -0.4 is 10.1 Å². The van der Waals surface area contributed by atoms with E-state index in [0.717, 1.165) is 41.0 Å². The Bertz CT molecular complexity index is 940. The van der Waals surface area contributed by atoms with E-state index in [-0.39, 0.29) is 23.8 Å². The van der Waals surface area contributed by atoms with Gasteiger partial charge >= 0.3 is 0 Å². The number of carbonyl (C=O) groups excluding carboxylic acids is 1. The second-order valence-corrected chi connectivity index (χ2v) is 9.71. The summed E-state index contributed by atoms with van der Waals surface area (Å²) in [6.07, 6.45) is 2.11. The Hall–Kier alpha value is -2.33. The van der Waals surface area contributed by atoms with Crippen molar-refractivity contribution in [1.82, 2.24) is 0 Å². The molecule has 2 aromatic carbocycles. The van der Waals surface area contributed by atoms with Gasteiger partial charge in [0.15, 0.2) is 0 Å². The zero-order valence-corrected chi connectivity index (χ0v) is 19.2. The third-order valence-electron chi connectivity index (χ3n) is 5.98. The highest BCUT2D eigenvalue weighted by Gasteiger charge is 2.32. The molecule has 4 heteroatoms. The Kier molecular flexibility index (Phi) is 6.56. The lowest BCUT2D eigenvalue weighted by Gasteiger charge is -2.22. The number of aliphatic hydroxyl groups excluding tert-OH is 1. The van der Waals surface area contributed by atoms with Crippen LogP contribution in [-0.4, -0.2) is 24.2 Å². The van der Waals surface area contributed by atoms with Crippen LogP contribution in [0.4, 0.5) is 5.69 Å². The van der Waals surface area contributed by atoms with Gasteiger partial charge in [-0.2, -0.15) is 0 Å². The monoisotopic (exact) mass is 409 g/mol. The number of nitrogens with one attached hydrogen (secondary N) is 1. The van der Waals surface area contributed by atoms with Crippen LogP contribution in [0.2, 0.25) is 0 Å². The van der Waals surface area contributed by atoms with Crippen molar-refractivity contribution in [1.29, 1.82) is 0 Å². The molecule has 0 spiro atoms. The summed E-state index contributed by atoms with van der Waals surface area (Å²) in [5, 5.41) is 12.3. The van der Waals surface area contributed by atoms with Gasteiger partial charge in [-0.15, -0.1) is 0 Å². The number of amides is 1. The Balaban J connectivity index is 1.99. The van der Waals surface area contributed by atoms with Crippen molar-refractivity contribution in [3.8, 4) is 5.75 Å². The molecule has 0 bridgehead atoms. The van der Waals surface area contributed by atoms with E-state index in [4.69, 9.17) is 9.84 Å². The smallest absolute Gasteiger partial charge is 0.224 e. The molecule has 0 fully saturated rings. The summed E-state index contributed by atoms with van der Waals surface area (Å²) in [5.74, 6) is 1.16. The Morgan fingerprint density at radius 2 is 1.90 bits per heavy atom. The number of aryl methyl sites for hydroxylation is 1. The number of fused-ring (bicyclic) bond motifs is 1. The first-order valence-corrected chi connectivity index (χ1v) is 10.9. The van der Waals surface area contributed by atoms with Gasteiger partial charge in [0, 0.05) is 30.2 Å². The molecule has 4 nitrogen and oxygen atoms in total. The van der Waals surface area contributed by atoms with Crippen LogP contribution in [0, 0.1) is 26.2 Å². The molecular formula is C26H35NO3. The fourth-order valence-electron chi connectivity index (χ4n) is 4.37. The third kappa shape index (κ3) is 4.70. The molecule has 1 amide bonds. The molecule has 0 saturated carbocycles. The molecule has 0 radical (unpaired) electrons. The predicted octanol–water partition coefficient (Wildman–Crippen LogP) is 5.44. The second-order valence-electron chi connectivity index (χ2n) is 9.71. The molecule has 0 aliphatic carbocycles. The van der Waals surface area contributed by atoms with Gasteiger partial charge in [-0.25, -0.2) is 0 Å². The summed E-state index contributed by atoms with van der Waals surface area (Å²) < 4.78 is 6.17. The standard InChI is InChI=1S/C26H35NO3/c1-16-17(2)25-23(18(3)24(16)27-22(29)14-26(4,5)6)21(15-30-25)20-11-7-9-19(13-20)10-8-12-28/h7,9,11,13,21,28H,8,10,12,14-15H2,1-6H3,(H,27,29). The SMILES string of the molecule is Cc1c(C)c2c(c(C)c1NC(=O)CC(C)(C)C)C(c1cccc(CCCO)c1)CO2. The molecule has 0 saturated heterocycles. The van der Waals surface area contributed by atoms with Gasteiger partial charge in [0.05, 0.1) is 6.61 Å². The highest BCUT2D eigenvalue weighted by atomic mass is 16.5. The zero-order chi connectivity index (χ0) is 22.1. The number of hydrogen-bond acceptors (Lipinski definition) is 3. The van der Waals surface area contributed by atoms with Gasteiger partial charge in [-0.1, -0.05) is 45.0 Å². The molecule has 3 rings (SSSR count). The minimum atomic E-state index is -0.0572. The van der Waals surface area contributed by atoms with Crippen molar-refractivity contribution in [3.05, 3.63) is 57.6 Å². The topological polar surface area (TPSA) is 58.6 Å². The number of aliphatic hydroxyl groups is 1. The highest BCUT2D eigenvalue weighted by molar-refractivity contribution is 5.93. The van der Waals surface area contributed by atoms with Crippen molar-refractivity contribution >= 4 is 11.6 Å². The average molecular weight is 410 g/mol. The normalized spacial score (nSPS) is 15.6. The molecule has 1 heterocycles. The van der Waals surface area contributed by atoms with Crippen LogP contribution in [-0.2, 0) is 11.2 Å². The first kappa shape index (κ1) is 22.4. The molecule has 1 unspecified atom stereocenters. The zero-order valence-electron chi connectivity index (χ0n) is 19.2. The van der Waals surface area contributed by atoms with Crippen molar-refractivity contribution in [2.75, 3.05) is 18.5 Å². The van der Waals surface area contributed by atoms with E-state index in [2.05, 4.69) is 71.1 Å². The lowest BCUT2D eigenvalue weighted by Crippen LogP contribution is -2.21. The summed E-state index contributed by atoms with van der Waals surface area (Å²) in [5.41, 5.74) is 7.77. The fraction of sp³-hybridized carbons (Fsp3) is 0.500. The van der Waals surface area contributed by atoms with Crippen molar-refractivity contribution in [3.63, 3.8) is 0 Å². The van der Waals surface area contributed by atoms with E-state index < -0.39 is 0 Å². The Morgan fingerprint density at radius 1 is 1.17 bits per heavy atom. The largest absolute Gasteiger partial charge is 0.492 e. The predicted molar refractivity (Wildman–Crippen MR) is 123 cm³/mol. The number of hydrogen-bond donors (Lipinski definition) is 2. The molecule has 162 valence electrons. The van der Waals surface area contributed by atoms with Crippen LogP contribution in [0.1, 0.15) is 72.9 Å². The van der Waals surface area contributed by atoms with Gasteiger partial charge in [-0.3, -0.25) is 4.79 Å².